The number of fused-ring (bicyclic) bond motifs is 1. The number of aliphatic hydroxyl groups excluding tert-OH is 1. The highest BCUT2D eigenvalue weighted by molar-refractivity contribution is 5.90. The average molecular weight is 344 g/mol. The highest BCUT2D eigenvalue weighted by Gasteiger charge is 2.21. The molecule has 0 spiro atoms. The zero-order valence-corrected chi connectivity index (χ0v) is 15.2. The first-order chi connectivity index (χ1) is 12.1. The van der Waals surface area contributed by atoms with Gasteiger partial charge in [0.25, 0.3) is 0 Å². The summed E-state index contributed by atoms with van der Waals surface area (Å²) >= 11 is 0. The summed E-state index contributed by atoms with van der Waals surface area (Å²) < 4.78 is 5.62. The van der Waals surface area contributed by atoms with Crippen molar-refractivity contribution in [1.82, 2.24) is 10.2 Å². The standard InChI is InChI=1S/C20H28N2O3/c1-14-9-15(2)20-16(13-25-18(20)10-14)11-19(24)21-6-8-22-7-4-3-5-17(22)12-23/h9-10,13,17,23H,3-8,11-12H2,1-2H3,(H,21,24)/t17-/m0/s1. The number of piperidine rings is 1. The summed E-state index contributed by atoms with van der Waals surface area (Å²) in [7, 11) is 0. The number of carbonyl (C=O) groups is 1. The van der Waals surface area contributed by atoms with Gasteiger partial charge in [-0.3, -0.25) is 9.69 Å². The number of hydrogen-bond donors (Lipinski definition) is 2. The quantitative estimate of drug-likeness (QED) is 0.845. The molecule has 3 rings (SSSR count). The lowest BCUT2D eigenvalue weighted by atomic mass is 10.0. The summed E-state index contributed by atoms with van der Waals surface area (Å²) in [6, 6.07) is 4.37. The largest absolute Gasteiger partial charge is 0.464 e. The third kappa shape index (κ3) is 4.22. The van der Waals surface area contributed by atoms with Gasteiger partial charge in [0.1, 0.15) is 5.58 Å². The van der Waals surface area contributed by atoms with E-state index < -0.39 is 0 Å². The molecule has 25 heavy (non-hydrogen) atoms. The second-order valence-electron chi connectivity index (χ2n) is 7.11. The van der Waals surface area contributed by atoms with Gasteiger partial charge in [-0.15, -0.1) is 0 Å². The maximum Gasteiger partial charge on any atom is 0.224 e. The van der Waals surface area contributed by atoms with E-state index in [0.717, 1.165) is 47.2 Å². The minimum atomic E-state index is 0.0141. The monoisotopic (exact) mass is 344 g/mol. The zero-order chi connectivity index (χ0) is 17.8. The van der Waals surface area contributed by atoms with Crippen LogP contribution in [0.2, 0.25) is 0 Å². The molecule has 136 valence electrons. The number of likely N-dealkylation sites (tertiary alicyclic amines) is 1. The molecule has 1 saturated heterocycles. The fraction of sp³-hybridized carbons (Fsp3) is 0.550. The van der Waals surface area contributed by atoms with Gasteiger partial charge in [0.15, 0.2) is 0 Å². The van der Waals surface area contributed by atoms with Crippen molar-refractivity contribution in [2.45, 2.75) is 45.6 Å². The van der Waals surface area contributed by atoms with Crippen LogP contribution in [0.4, 0.5) is 0 Å². The first kappa shape index (κ1) is 18.0. The minimum absolute atomic E-state index is 0.0141. The Labute approximate surface area is 149 Å². The Morgan fingerprint density at radius 3 is 3.00 bits per heavy atom. The molecule has 5 nitrogen and oxygen atoms in total. The van der Waals surface area contributed by atoms with Gasteiger partial charge in [-0.05, 0) is 50.4 Å². The van der Waals surface area contributed by atoms with Crippen LogP contribution in [0.3, 0.4) is 0 Å². The van der Waals surface area contributed by atoms with E-state index in [4.69, 9.17) is 4.42 Å². The van der Waals surface area contributed by atoms with Crippen molar-refractivity contribution in [2.75, 3.05) is 26.2 Å². The van der Waals surface area contributed by atoms with Gasteiger partial charge in [0.2, 0.25) is 5.91 Å². The van der Waals surface area contributed by atoms with Crippen LogP contribution in [0.25, 0.3) is 11.0 Å². The fourth-order valence-corrected chi connectivity index (χ4v) is 3.89. The Balaban J connectivity index is 1.55. The van der Waals surface area contributed by atoms with Crippen molar-refractivity contribution in [1.29, 1.82) is 0 Å². The van der Waals surface area contributed by atoms with Crippen LogP contribution in [0.15, 0.2) is 22.8 Å². The molecule has 1 aromatic heterocycles. The van der Waals surface area contributed by atoms with E-state index in [1.807, 2.05) is 13.0 Å². The summed E-state index contributed by atoms with van der Waals surface area (Å²) in [6.07, 6.45) is 5.43. The number of amides is 1. The molecular formula is C20H28N2O3. The Kier molecular flexibility index (Phi) is 5.76. The van der Waals surface area contributed by atoms with Gasteiger partial charge in [-0.25, -0.2) is 0 Å². The summed E-state index contributed by atoms with van der Waals surface area (Å²) in [5.74, 6) is 0.0141. The number of aliphatic hydroxyl groups is 1. The van der Waals surface area contributed by atoms with Gasteiger partial charge in [-0.2, -0.15) is 0 Å². The lowest BCUT2D eigenvalue weighted by Gasteiger charge is -2.34. The van der Waals surface area contributed by atoms with Crippen LogP contribution in [-0.2, 0) is 11.2 Å². The van der Waals surface area contributed by atoms with Crippen LogP contribution >= 0.6 is 0 Å². The average Bonchev–Trinajstić information content (AvgIpc) is 2.98. The second kappa shape index (κ2) is 8.02. The maximum absolute atomic E-state index is 12.3. The predicted molar refractivity (Wildman–Crippen MR) is 98.7 cm³/mol. The van der Waals surface area contributed by atoms with Crippen LogP contribution < -0.4 is 5.32 Å². The van der Waals surface area contributed by atoms with E-state index in [-0.39, 0.29) is 18.6 Å². The number of nitrogens with one attached hydrogen (secondary N) is 1. The fourth-order valence-electron chi connectivity index (χ4n) is 3.89. The van der Waals surface area contributed by atoms with E-state index in [2.05, 4.69) is 23.2 Å². The van der Waals surface area contributed by atoms with E-state index in [1.54, 1.807) is 6.26 Å². The Bertz CT molecular complexity index is 738. The third-order valence-corrected chi connectivity index (χ3v) is 5.12. The normalized spacial score (nSPS) is 18.6. The van der Waals surface area contributed by atoms with Gasteiger partial charge >= 0.3 is 0 Å². The molecule has 2 N–H and O–H groups in total. The smallest absolute Gasteiger partial charge is 0.224 e. The molecule has 1 atom stereocenters. The lowest BCUT2D eigenvalue weighted by molar-refractivity contribution is -0.120. The molecule has 1 amide bonds. The highest BCUT2D eigenvalue weighted by atomic mass is 16.3. The van der Waals surface area contributed by atoms with Crippen LogP contribution in [0.1, 0.15) is 36.0 Å². The van der Waals surface area contributed by atoms with E-state index >= 15 is 0 Å². The van der Waals surface area contributed by atoms with E-state index in [0.29, 0.717) is 13.0 Å². The molecule has 0 saturated carbocycles. The molecule has 0 aliphatic carbocycles. The molecule has 0 bridgehead atoms. The molecule has 5 heteroatoms. The Morgan fingerprint density at radius 1 is 1.36 bits per heavy atom. The molecule has 0 radical (unpaired) electrons. The van der Waals surface area contributed by atoms with Crippen molar-refractivity contribution in [3.8, 4) is 0 Å². The molecular weight excluding hydrogens is 316 g/mol. The lowest BCUT2D eigenvalue weighted by Crippen LogP contribution is -2.45. The number of benzene rings is 1. The zero-order valence-electron chi connectivity index (χ0n) is 15.2. The van der Waals surface area contributed by atoms with Crippen molar-refractivity contribution in [3.05, 3.63) is 35.1 Å². The third-order valence-electron chi connectivity index (χ3n) is 5.12. The minimum Gasteiger partial charge on any atom is -0.464 e. The molecule has 0 unspecified atom stereocenters. The molecule has 1 aromatic carbocycles. The Hall–Kier alpha value is -1.85. The topological polar surface area (TPSA) is 65.7 Å². The summed E-state index contributed by atoms with van der Waals surface area (Å²) in [5, 5.41) is 13.5. The van der Waals surface area contributed by atoms with Gasteiger partial charge in [0.05, 0.1) is 19.3 Å². The second-order valence-corrected chi connectivity index (χ2v) is 7.11. The SMILES string of the molecule is Cc1cc(C)c2c(CC(=O)NCCN3CCCC[C@H]3CO)coc2c1. The number of carbonyl (C=O) groups excluding carboxylic acids is 1. The molecule has 2 heterocycles. The first-order valence-electron chi connectivity index (χ1n) is 9.17. The van der Waals surface area contributed by atoms with Crippen LogP contribution in [0.5, 0.6) is 0 Å². The van der Waals surface area contributed by atoms with E-state index in [9.17, 15) is 9.90 Å². The number of rotatable bonds is 6. The van der Waals surface area contributed by atoms with Gasteiger partial charge in [-0.1, -0.05) is 12.5 Å². The highest BCUT2D eigenvalue weighted by Crippen LogP contribution is 2.26. The summed E-state index contributed by atoms with van der Waals surface area (Å²) in [5.41, 5.74) is 4.09. The van der Waals surface area contributed by atoms with Crippen LogP contribution in [0, 0.1) is 13.8 Å². The van der Waals surface area contributed by atoms with E-state index in [1.165, 1.54) is 12.8 Å². The predicted octanol–water partition coefficient (Wildman–Crippen LogP) is 2.56. The Morgan fingerprint density at radius 2 is 2.20 bits per heavy atom. The van der Waals surface area contributed by atoms with Gasteiger partial charge < -0.3 is 14.8 Å². The molecule has 1 aliphatic rings. The maximum atomic E-state index is 12.3. The summed E-state index contributed by atoms with van der Waals surface area (Å²) in [4.78, 5) is 14.6. The van der Waals surface area contributed by atoms with Crippen molar-refractivity contribution >= 4 is 16.9 Å². The van der Waals surface area contributed by atoms with Gasteiger partial charge in [0, 0.05) is 30.1 Å². The van der Waals surface area contributed by atoms with Crippen molar-refractivity contribution in [2.24, 2.45) is 0 Å². The first-order valence-corrected chi connectivity index (χ1v) is 9.17. The molecule has 1 aliphatic heterocycles. The number of hydrogen-bond acceptors (Lipinski definition) is 4. The van der Waals surface area contributed by atoms with Crippen LogP contribution in [-0.4, -0.2) is 48.2 Å². The number of furan rings is 1. The van der Waals surface area contributed by atoms with Crippen molar-refractivity contribution in [3.63, 3.8) is 0 Å². The summed E-state index contributed by atoms with van der Waals surface area (Å²) in [6.45, 7) is 6.71. The number of nitrogens with zero attached hydrogens (tertiary/aromatic N) is 1. The molecule has 1 fully saturated rings. The number of aryl methyl sites for hydroxylation is 2. The van der Waals surface area contributed by atoms with Crippen molar-refractivity contribution < 1.29 is 14.3 Å². The molecule has 2 aromatic rings.